The Balaban J connectivity index is 3.04. The van der Waals surface area contributed by atoms with E-state index in [0.29, 0.717) is 10.0 Å². The second-order valence-electron chi connectivity index (χ2n) is 4.35. The summed E-state index contributed by atoms with van der Waals surface area (Å²) in [6.07, 6.45) is 1.33. The van der Waals surface area contributed by atoms with Crippen molar-refractivity contribution in [2.75, 3.05) is 0 Å². The highest BCUT2D eigenvalue weighted by Gasteiger charge is 2.26. The lowest BCUT2D eigenvalue weighted by molar-refractivity contribution is 0.562. The van der Waals surface area contributed by atoms with E-state index < -0.39 is 21.9 Å². The van der Waals surface area contributed by atoms with E-state index in [0.717, 1.165) is 0 Å². The summed E-state index contributed by atoms with van der Waals surface area (Å²) in [6, 6.07) is 2.78. The van der Waals surface area contributed by atoms with Crippen molar-refractivity contribution in [1.82, 2.24) is 0 Å². The quantitative estimate of drug-likeness (QED) is 0.453. The Kier molecular flexibility index (Phi) is 5.01. The number of benzene rings is 1. The molecule has 0 radical (unpaired) electrons. The zero-order chi connectivity index (χ0) is 13.2. The van der Waals surface area contributed by atoms with Crippen molar-refractivity contribution >= 4 is 45.1 Å². The van der Waals surface area contributed by atoms with Gasteiger partial charge in [0.25, 0.3) is 0 Å². The predicted molar refractivity (Wildman–Crippen MR) is 74.6 cm³/mol. The van der Waals surface area contributed by atoms with Crippen LogP contribution in [0.1, 0.15) is 26.3 Å². The molecule has 17 heavy (non-hydrogen) atoms. The molecule has 0 saturated carbocycles. The summed E-state index contributed by atoms with van der Waals surface area (Å²) in [5, 5.41) is -0.0333. The molecule has 1 aromatic carbocycles. The Bertz CT molecular complexity index is 448. The third-order valence-corrected chi connectivity index (χ3v) is 4.30. The van der Waals surface area contributed by atoms with E-state index in [1.807, 2.05) is 20.8 Å². The maximum absolute atomic E-state index is 13.2. The highest BCUT2D eigenvalue weighted by molar-refractivity contribution is 9.10. The molecule has 0 aliphatic carbocycles. The fourth-order valence-electron chi connectivity index (χ4n) is 0.920. The molecule has 0 spiro atoms. The van der Waals surface area contributed by atoms with Gasteiger partial charge in [0.15, 0.2) is 0 Å². The van der Waals surface area contributed by atoms with Crippen LogP contribution < -0.4 is 0 Å². The molecular formula is C11H12BrClFNOS. The van der Waals surface area contributed by atoms with Crippen molar-refractivity contribution < 1.29 is 8.94 Å². The first-order chi connectivity index (χ1) is 7.73. The van der Waals surface area contributed by atoms with Crippen LogP contribution in [-0.4, -0.2) is 15.5 Å². The van der Waals surface area contributed by atoms with Crippen molar-refractivity contribution in [1.29, 1.82) is 0 Å². The van der Waals surface area contributed by atoms with Crippen LogP contribution in [-0.2, 0) is 11.4 Å². The second kappa shape index (κ2) is 5.69. The number of rotatable bonds is 2. The van der Waals surface area contributed by atoms with Crippen molar-refractivity contribution in [2.45, 2.75) is 25.5 Å². The van der Waals surface area contributed by atoms with Gasteiger partial charge in [0, 0.05) is 10.0 Å². The first-order valence-corrected chi connectivity index (χ1v) is 7.11. The summed E-state index contributed by atoms with van der Waals surface area (Å²) in [7, 11) is 0. The summed E-state index contributed by atoms with van der Waals surface area (Å²) in [6.45, 7) is 5.42. The molecule has 1 rings (SSSR count). The lowest BCUT2D eigenvalue weighted by Gasteiger charge is -2.17. The van der Waals surface area contributed by atoms with Crippen LogP contribution in [0.15, 0.2) is 21.0 Å². The van der Waals surface area contributed by atoms with Gasteiger partial charge in [-0.1, -0.05) is 31.9 Å². The molecule has 0 heterocycles. The minimum absolute atomic E-state index is 0.0333. The molecule has 0 N–H and O–H groups in total. The van der Waals surface area contributed by atoms with E-state index in [1.165, 1.54) is 18.3 Å². The van der Waals surface area contributed by atoms with Gasteiger partial charge < -0.3 is 4.55 Å². The summed E-state index contributed by atoms with van der Waals surface area (Å²) in [4.78, 5) is 0. The first-order valence-electron chi connectivity index (χ1n) is 4.83. The first kappa shape index (κ1) is 15.0. The average molecular weight is 341 g/mol. The lowest BCUT2D eigenvalue weighted by atomic mass is 10.2. The lowest BCUT2D eigenvalue weighted by Crippen LogP contribution is -2.25. The van der Waals surface area contributed by atoms with Gasteiger partial charge in [-0.15, -0.1) is 0 Å². The minimum Gasteiger partial charge on any atom is -0.591 e. The maximum atomic E-state index is 13.2. The standard InChI is InChI=1S/C11H12BrClFNOS/c1-11(2,3)17(16)15-6-7-8(12)4-5-9(14)10(7)13/h4-6H,1-3H3/t17-/m0/s1. The summed E-state index contributed by atoms with van der Waals surface area (Å²) in [5.41, 5.74) is 0.393. The molecule has 94 valence electrons. The molecule has 6 heteroatoms. The van der Waals surface area contributed by atoms with Gasteiger partial charge in [0.1, 0.15) is 21.9 Å². The summed E-state index contributed by atoms with van der Waals surface area (Å²) >= 11 is 7.65. The zero-order valence-electron chi connectivity index (χ0n) is 9.63. The number of hydrogen-bond acceptors (Lipinski definition) is 2. The van der Waals surface area contributed by atoms with Crippen LogP contribution in [0.5, 0.6) is 0 Å². The van der Waals surface area contributed by atoms with E-state index in [-0.39, 0.29) is 5.02 Å². The molecule has 0 bridgehead atoms. The SMILES string of the molecule is CC(C)(C)[S@+]([O-])N=Cc1c(Br)ccc(F)c1Cl. The van der Waals surface area contributed by atoms with Crippen LogP contribution in [0.25, 0.3) is 0 Å². The van der Waals surface area contributed by atoms with Crippen molar-refractivity contribution in [3.63, 3.8) is 0 Å². The molecule has 0 saturated heterocycles. The van der Waals surface area contributed by atoms with E-state index in [9.17, 15) is 8.94 Å². The molecule has 0 aliphatic heterocycles. The number of hydrogen-bond donors (Lipinski definition) is 0. The van der Waals surface area contributed by atoms with E-state index >= 15 is 0 Å². The van der Waals surface area contributed by atoms with Crippen LogP contribution >= 0.6 is 27.5 Å². The number of halogens is 3. The van der Waals surface area contributed by atoms with E-state index in [4.69, 9.17) is 11.6 Å². The van der Waals surface area contributed by atoms with E-state index in [1.54, 1.807) is 0 Å². The molecule has 0 aromatic heterocycles. The Hall–Kier alpha value is -0.100. The van der Waals surface area contributed by atoms with Gasteiger partial charge in [-0.2, -0.15) is 0 Å². The normalized spacial score (nSPS) is 14.3. The molecule has 0 fully saturated rings. The maximum Gasteiger partial charge on any atom is 0.144 e. The largest absolute Gasteiger partial charge is 0.591 e. The van der Waals surface area contributed by atoms with Crippen molar-refractivity contribution in [3.05, 3.63) is 33.0 Å². The monoisotopic (exact) mass is 339 g/mol. The highest BCUT2D eigenvalue weighted by atomic mass is 79.9. The van der Waals surface area contributed by atoms with Crippen molar-refractivity contribution in [3.8, 4) is 0 Å². The van der Waals surface area contributed by atoms with Gasteiger partial charge in [0.2, 0.25) is 0 Å². The van der Waals surface area contributed by atoms with Crippen molar-refractivity contribution in [2.24, 2.45) is 4.40 Å². The molecule has 2 nitrogen and oxygen atoms in total. The fourth-order valence-corrected chi connectivity index (χ4v) is 2.20. The Morgan fingerprint density at radius 1 is 1.47 bits per heavy atom. The number of nitrogens with zero attached hydrogens (tertiary/aromatic N) is 1. The molecule has 0 unspecified atom stereocenters. The highest BCUT2D eigenvalue weighted by Crippen LogP contribution is 2.26. The Morgan fingerprint density at radius 3 is 2.59 bits per heavy atom. The van der Waals surface area contributed by atoms with Gasteiger partial charge in [-0.05, 0) is 32.9 Å². The topological polar surface area (TPSA) is 35.4 Å². The third-order valence-electron chi connectivity index (χ3n) is 1.88. The van der Waals surface area contributed by atoms with Gasteiger partial charge in [-0.25, -0.2) is 4.39 Å². The molecule has 1 atom stereocenters. The van der Waals surface area contributed by atoms with Gasteiger partial charge >= 0.3 is 0 Å². The van der Waals surface area contributed by atoms with Gasteiger partial charge in [0.05, 0.1) is 11.2 Å². The second-order valence-corrected chi connectivity index (χ2v) is 7.52. The smallest absolute Gasteiger partial charge is 0.144 e. The molecule has 0 amide bonds. The zero-order valence-corrected chi connectivity index (χ0v) is 12.8. The molecular weight excluding hydrogens is 329 g/mol. The minimum atomic E-state index is -1.39. The summed E-state index contributed by atoms with van der Waals surface area (Å²) < 4.78 is 29.0. The fraction of sp³-hybridized carbons (Fsp3) is 0.364. The average Bonchev–Trinajstić information content (AvgIpc) is 2.22. The van der Waals surface area contributed by atoms with Crippen LogP contribution in [0.4, 0.5) is 4.39 Å². The Morgan fingerprint density at radius 2 is 2.06 bits per heavy atom. The van der Waals surface area contributed by atoms with Crippen LogP contribution in [0.2, 0.25) is 5.02 Å². The molecule has 1 aromatic rings. The third kappa shape index (κ3) is 3.95. The van der Waals surface area contributed by atoms with Crippen LogP contribution in [0, 0.1) is 5.82 Å². The predicted octanol–water partition coefficient (Wildman–Crippen LogP) is 4.12. The summed E-state index contributed by atoms with van der Waals surface area (Å²) in [5.74, 6) is -0.530. The van der Waals surface area contributed by atoms with Gasteiger partial charge in [-0.3, -0.25) is 0 Å². The molecule has 0 aliphatic rings. The van der Waals surface area contributed by atoms with E-state index in [2.05, 4.69) is 20.3 Å². The van der Waals surface area contributed by atoms with Crippen LogP contribution in [0.3, 0.4) is 0 Å². The Labute approximate surface area is 117 Å².